The average Bonchev–Trinajstić information content (AvgIpc) is 3.23. The van der Waals surface area contributed by atoms with E-state index in [2.05, 4.69) is 0 Å². The van der Waals surface area contributed by atoms with Gasteiger partial charge in [0.1, 0.15) is 0 Å². The Balaban J connectivity index is 1.34. The van der Waals surface area contributed by atoms with Gasteiger partial charge in [-0.15, -0.1) is 0 Å². The summed E-state index contributed by atoms with van der Waals surface area (Å²) in [4.78, 5) is 1.61. The lowest BCUT2D eigenvalue weighted by atomic mass is 10.0. The maximum atomic E-state index is 13.4. The first-order valence-corrected chi connectivity index (χ1v) is 19.0. The Morgan fingerprint density at radius 1 is 0.224 bits per heavy atom. The summed E-state index contributed by atoms with van der Waals surface area (Å²) >= 11 is 0. The fourth-order valence-corrected chi connectivity index (χ4v) is 6.45. The van der Waals surface area contributed by atoms with E-state index in [0.29, 0.717) is 70.2 Å². The molecular formula is C48H27F18N. The van der Waals surface area contributed by atoms with Crippen LogP contribution in [0.25, 0.3) is 36.5 Å². The number of benzene rings is 6. The summed E-state index contributed by atoms with van der Waals surface area (Å²) in [5, 5.41) is 0. The molecule has 0 amide bonds. The highest BCUT2D eigenvalue weighted by molar-refractivity contribution is 5.81. The van der Waals surface area contributed by atoms with Crippen LogP contribution in [0.2, 0.25) is 0 Å². The first-order chi connectivity index (χ1) is 30.9. The van der Waals surface area contributed by atoms with E-state index in [4.69, 9.17) is 0 Å². The van der Waals surface area contributed by atoms with Crippen molar-refractivity contribution in [3.8, 4) is 0 Å². The molecule has 6 aromatic carbocycles. The van der Waals surface area contributed by atoms with Crippen LogP contribution in [0.5, 0.6) is 0 Å². The number of nitrogens with zero attached hydrogens (tertiary/aromatic N) is 1. The Bertz CT molecular complexity index is 2380. The zero-order chi connectivity index (χ0) is 49.3. The van der Waals surface area contributed by atoms with Gasteiger partial charge in [0.15, 0.2) is 0 Å². The Labute approximate surface area is 368 Å². The molecule has 350 valence electrons. The van der Waals surface area contributed by atoms with Gasteiger partial charge in [0.2, 0.25) is 0 Å². The van der Waals surface area contributed by atoms with Gasteiger partial charge in [0, 0.05) is 17.1 Å². The van der Waals surface area contributed by atoms with Crippen LogP contribution in [-0.4, -0.2) is 0 Å². The maximum Gasteiger partial charge on any atom is 0.416 e. The van der Waals surface area contributed by atoms with Crippen molar-refractivity contribution in [1.82, 2.24) is 0 Å². The number of rotatable bonds is 9. The Hall–Kier alpha value is -6.92. The summed E-state index contributed by atoms with van der Waals surface area (Å²) < 4.78 is 242. The second-order valence-corrected chi connectivity index (χ2v) is 14.6. The van der Waals surface area contributed by atoms with E-state index in [1.165, 1.54) is 91.0 Å². The van der Waals surface area contributed by atoms with Crippen LogP contribution in [0.1, 0.15) is 66.8 Å². The van der Waals surface area contributed by atoms with E-state index >= 15 is 0 Å². The lowest BCUT2D eigenvalue weighted by Crippen LogP contribution is -2.11. The molecule has 0 unspecified atom stereocenters. The van der Waals surface area contributed by atoms with Crippen molar-refractivity contribution in [2.75, 3.05) is 4.90 Å². The van der Waals surface area contributed by atoms with Crippen LogP contribution in [0.4, 0.5) is 96.1 Å². The van der Waals surface area contributed by atoms with Gasteiger partial charge in [-0.1, -0.05) is 72.9 Å². The zero-order valence-electron chi connectivity index (χ0n) is 33.3. The molecule has 0 saturated carbocycles. The van der Waals surface area contributed by atoms with Gasteiger partial charge >= 0.3 is 37.1 Å². The van der Waals surface area contributed by atoms with Gasteiger partial charge in [0.05, 0.1) is 33.4 Å². The van der Waals surface area contributed by atoms with Crippen LogP contribution in [0.15, 0.2) is 127 Å². The SMILES string of the molecule is FC(F)(F)c1cc(C=Cc2ccc(N(c3ccc(C=Cc4cc(C(F)(F)F)cc(C(F)(F)F)c4)cc3)c3ccc(C=Cc4cc(C(F)(F)F)cc(C(F)(F)F)c4)cc3)cc2)cc(C(F)(F)F)c1. The second-order valence-electron chi connectivity index (χ2n) is 14.6. The normalized spacial score (nSPS) is 13.3. The molecule has 67 heavy (non-hydrogen) atoms. The monoisotopic (exact) mass is 959 g/mol. The van der Waals surface area contributed by atoms with E-state index in [1.54, 1.807) is 4.90 Å². The Kier molecular flexibility index (Phi) is 13.6. The van der Waals surface area contributed by atoms with Gasteiger partial charge in [-0.3, -0.25) is 0 Å². The van der Waals surface area contributed by atoms with E-state index in [1.807, 2.05) is 0 Å². The average molecular weight is 960 g/mol. The van der Waals surface area contributed by atoms with Crippen molar-refractivity contribution < 1.29 is 79.0 Å². The Morgan fingerprint density at radius 2 is 0.388 bits per heavy atom. The minimum Gasteiger partial charge on any atom is -0.311 e. The van der Waals surface area contributed by atoms with Gasteiger partial charge < -0.3 is 4.90 Å². The molecule has 0 heterocycles. The predicted octanol–water partition coefficient (Wildman–Crippen LogP) is 17.8. The highest BCUT2D eigenvalue weighted by atomic mass is 19.4. The lowest BCUT2D eigenvalue weighted by molar-refractivity contribution is -0.144. The minimum atomic E-state index is -5.08. The zero-order valence-corrected chi connectivity index (χ0v) is 33.3. The third kappa shape index (κ3) is 12.9. The standard InChI is InChI=1S/C48H27F18N/c49-43(50,51)34-19-31(20-35(25-34)44(52,53)54)4-1-28-7-13-40(14-8-28)67(41-15-9-29(10-16-41)2-5-32-21-36(45(55,56)57)26-37(22-32)46(58,59)60)42-17-11-30(12-18-42)3-6-33-23-38(47(61,62)63)27-39(24-33)48(64,65)66/h1-27H. The number of hydrogen-bond acceptors (Lipinski definition) is 1. The fraction of sp³-hybridized carbons (Fsp3) is 0.125. The summed E-state index contributed by atoms with van der Waals surface area (Å²) in [5.74, 6) is 0. The van der Waals surface area contributed by atoms with Gasteiger partial charge in [-0.25, -0.2) is 0 Å². The molecular weight excluding hydrogens is 932 g/mol. The van der Waals surface area contributed by atoms with Crippen LogP contribution < -0.4 is 4.90 Å². The minimum absolute atomic E-state index is 0.0147. The van der Waals surface area contributed by atoms with Crippen LogP contribution in [0.3, 0.4) is 0 Å². The summed E-state index contributed by atoms with van der Waals surface area (Å²) in [5.41, 5.74) is -8.22. The van der Waals surface area contributed by atoms with Crippen LogP contribution in [-0.2, 0) is 37.1 Å². The van der Waals surface area contributed by atoms with Crippen molar-refractivity contribution >= 4 is 53.5 Å². The Morgan fingerprint density at radius 3 is 0.552 bits per heavy atom. The van der Waals surface area contributed by atoms with Crippen molar-refractivity contribution in [2.45, 2.75) is 37.1 Å². The van der Waals surface area contributed by atoms with Gasteiger partial charge in [-0.2, -0.15) is 79.0 Å². The molecule has 0 radical (unpaired) electrons. The lowest BCUT2D eigenvalue weighted by Gasteiger charge is -2.26. The maximum absolute atomic E-state index is 13.4. The smallest absolute Gasteiger partial charge is 0.311 e. The van der Waals surface area contributed by atoms with Crippen LogP contribution in [0, 0.1) is 0 Å². The summed E-state index contributed by atoms with van der Waals surface area (Å²) in [7, 11) is 0. The number of anilines is 3. The van der Waals surface area contributed by atoms with Crippen LogP contribution >= 0.6 is 0 Å². The number of alkyl halides is 18. The van der Waals surface area contributed by atoms with E-state index in [-0.39, 0.29) is 18.2 Å². The molecule has 0 bridgehead atoms. The number of hydrogen-bond donors (Lipinski definition) is 0. The quantitative estimate of drug-likeness (QED) is 0.103. The van der Waals surface area contributed by atoms with Crippen molar-refractivity contribution in [3.63, 3.8) is 0 Å². The highest BCUT2D eigenvalue weighted by Crippen LogP contribution is 2.41. The van der Waals surface area contributed by atoms with Crippen molar-refractivity contribution in [1.29, 1.82) is 0 Å². The van der Waals surface area contributed by atoms with Crippen molar-refractivity contribution in [3.05, 3.63) is 194 Å². The highest BCUT2D eigenvalue weighted by Gasteiger charge is 2.39. The molecule has 1 nitrogen and oxygen atoms in total. The predicted molar refractivity (Wildman–Crippen MR) is 217 cm³/mol. The van der Waals surface area contributed by atoms with Crippen molar-refractivity contribution in [2.24, 2.45) is 0 Å². The van der Waals surface area contributed by atoms with Gasteiger partial charge in [-0.05, 0) is 124 Å². The summed E-state index contributed by atoms with van der Waals surface area (Å²) in [6.45, 7) is 0. The molecule has 0 aliphatic heterocycles. The number of halogens is 18. The van der Waals surface area contributed by atoms with Gasteiger partial charge in [0.25, 0.3) is 0 Å². The molecule has 0 aliphatic carbocycles. The third-order valence-electron chi connectivity index (χ3n) is 9.69. The van der Waals surface area contributed by atoms with E-state index in [9.17, 15) is 79.0 Å². The topological polar surface area (TPSA) is 3.24 Å². The second kappa shape index (κ2) is 18.4. The third-order valence-corrected chi connectivity index (χ3v) is 9.69. The molecule has 0 fully saturated rings. The van der Waals surface area contributed by atoms with E-state index < -0.39 is 87.1 Å². The first-order valence-electron chi connectivity index (χ1n) is 19.0. The summed E-state index contributed by atoms with van der Waals surface area (Å²) in [6.07, 6.45) is -23.6. The summed E-state index contributed by atoms with van der Waals surface area (Å²) in [6, 6.07) is 21.1. The molecule has 6 rings (SSSR count). The molecule has 0 aromatic heterocycles. The molecule has 0 N–H and O–H groups in total. The largest absolute Gasteiger partial charge is 0.416 e. The molecule has 6 aromatic rings. The fourth-order valence-electron chi connectivity index (χ4n) is 6.45. The molecule has 0 aliphatic rings. The molecule has 19 heteroatoms. The molecule has 0 saturated heterocycles. The molecule has 0 atom stereocenters. The van der Waals surface area contributed by atoms with E-state index in [0.717, 1.165) is 18.2 Å². The molecule has 0 spiro atoms. The first kappa shape index (κ1) is 49.5.